The van der Waals surface area contributed by atoms with E-state index in [1.165, 1.54) is 0 Å². The van der Waals surface area contributed by atoms with Gasteiger partial charge in [-0.25, -0.2) is 0 Å². The summed E-state index contributed by atoms with van der Waals surface area (Å²) in [6, 6.07) is 0. The van der Waals surface area contributed by atoms with Crippen molar-refractivity contribution in [2.24, 2.45) is 0 Å². The first-order valence-electron chi connectivity index (χ1n) is 3.54. The van der Waals surface area contributed by atoms with Crippen LogP contribution in [0.2, 0.25) is 0 Å². The molecule has 1 rings (SSSR count). The number of carbonyl (C=O) groups is 1. The van der Waals surface area contributed by atoms with Gasteiger partial charge < -0.3 is 25.7 Å². The van der Waals surface area contributed by atoms with Gasteiger partial charge in [-0.15, -0.1) is 0 Å². The number of rotatable bonds is 0. The van der Waals surface area contributed by atoms with Crippen molar-refractivity contribution in [3.05, 3.63) is 0 Å². The Hall–Kier alpha value is -0.690. The van der Waals surface area contributed by atoms with Crippen LogP contribution in [0.4, 0.5) is 0 Å². The highest BCUT2D eigenvalue weighted by molar-refractivity contribution is 5.81. The molecule has 0 aliphatic carbocycles. The van der Waals surface area contributed by atoms with Gasteiger partial charge in [-0.3, -0.25) is 4.79 Å². The van der Waals surface area contributed by atoms with E-state index in [1.807, 2.05) is 0 Å². The number of carbonyl (C=O) groups excluding carboxylic acids is 1. The molecule has 0 bridgehead atoms. The zero-order valence-electron chi connectivity index (χ0n) is 6.21. The highest BCUT2D eigenvalue weighted by Crippen LogP contribution is 2.08. The van der Waals surface area contributed by atoms with Crippen molar-refractivity contribution >= 4 is 5.91 Å². The molecule has 5 N–H and O–H groups in total. The van der Waals surface area contributed by atoms with Gasteiger partial charge in [0, 0.05) is 6.54 Å². The molecule has 0 saturated carbocycles. The largest absolute Gasteiger partial charge is 0.388 e. The smallest absolute Gasteiger partial charge is 0.251 e. The molecule has 0 aromatic rings. The van der Waals surface area contributed by atoms with E-state index in [9.17, 15) is 4.79 Å². The third kappa shape index (κ3) is 1.56. The zero-order chi connectivity index (χ0) is 9.30. The number of nitrogens with one attached hydrogen (secondary N) is 1. The molecule has 1 saturated heterocycles. The Bertz CT molecular complexity index is 185. The summed E-state index contributed by atoms with van der Waals surface area (Å²) in [6.45, 7) is -0.172. The van der Waals surface area contributed by atoms with E-state index in [4.69, 9.17) is 20.4 Å². The first-order valence-corrected chi connectivity index (χ1v) is 3.54. The number of aliphatic hydroxyl groups excluding tert-OH is 4. The van der Waals surface area contributed by atoms with Crippen molar-refractivity contribution in [2.45, 2.75) is 24.4 Å². The number of aliphatic hydroxyl groups is 4. The number of hydrogen-bond acceptors (Lipinski definition) is 5. The van der Waals surface area contributed by atoms with Gasteiger partial charge in [0.25, 0.3) is 5.91 Å². The average Bonchev–Trinajstić information content (AvgIpc) is 2.14. The Morgan fingerprint density at radius 3 is 2.33 bits per heavy atom. The molecule has 0 unspecified atom stereocenters. The molecule has 6 nitrogen and oxygen atoms in total. The SMILES string of the molecule is O=C1NC[C@@H](O)[C@H](O)[C@H](O)[C@H]1O. The quantitative estimate of drug-likeness (QED) is 0.264. The fraction of sp³-hybridized carbons (Fsp3) is 0.833. The normalized spacial score (nSPS) is 43.5. The third-order valence-corrected chi connectivity index (χ3v) is 1.82. The van der Waals surface area contributed by atoms with Crippen LogP contribution in [0.15, 0.2) is 0 Å². The summed E-state index contributed by atoms with van der Waals surface area (Å²) < 4.78 is 0. The van der Waals surface area contributed by atoms with E-state index >= 15 is 0 Å². The summed E-state index contributed by atoms with van der Waals surface area (Å²) >= 11 is 0. The lowest BCUT2D eigenvalue weighted by atomic mass is 10.1. The van der Waals surface area contributed by atoms with Crippen LogP contribution in [-0.2, 0) is 4.79 Å². The molecule has 1 heterocycles. The minimum absolute atomic E-state index is 0.172. The van der Waals surface area contributed by atoms with Crippen LogP contribution in [0.3, 0.4) is 0 Å². The maximum atomic E-state index is 10.8. The molecule has 1 amide bonds. The standard InChI is InChI=1S/C6H11NO5/c8-2-1-7-6(12)5(11)4(10)3(2)9/h2-5,8-11H,1H2,(H,7,12)/t2-,3+,4+,5-/m1/s1. The highest BCUT2D eigenvalue weighted by Gasteiger charge is 2.37. The first-order chi connectivity index (χ1) is 5.54. The van der Waals surface area contributed by atoms with Crippen LogP contribution in [0, 0.1) is 0 Å². The summed E-state index contributed by atoms with van der Waals surface area (Å²) in [5, 5.41) is 38.3. The Kier molecular flexibility index (Phi) is 2.63. The van der Waals surface area contributed by atoms with Crippen LogP contribution in [-0.4, -0.2) is 57.3 Å². The van der Waals surface area contributed by atoms with E-state index < -0.39 is 30.3 Å². The Balaban J connectivity index is 2.75. The number of amides is 1. The maximum absolute atomic E-state index is 10.8. The number of β-amino-alcohol motifs (C(OH)–C–C–N with tert-alkyl or cyclic N) is 1. The fourth-order valence-electron chi connectivity index (χ4n) is 1.000. The molecule has 1 aliphatic rings. The van der Waals surface area contributed by atoms with Gasteiger partial charge in [-0.05, 0) is 0 Å². The lowest BCUT2D eigenvalue weighted by molar-refractivity contribution is -0.139. The Morgan fingerprint density at radius 2 is 1.75 bits per heavy atom. The molecule has 1 fully saturated rings. The van der Waals surface area contributed by atoms with E-state index in [0.717, 1.165) is 0 Å². The zero-order valence-corrected chi connectivity index (χ0v) is 6.21. The van der Waals surface area contributed by atoms with E-state index in [1.54, 1.807) is 0 Å². The molecule has 0 aromatic heterocycles. The molecule has 6 heteroatoms. The van der Waals surface area contributed by atoms with Crippen molar-refractivity contribution in [1.29, 1.82) is 0 Å². The summed E-state index contributed by atoms with van der Waals surface area (Å²) in [6.07, 6.45) is -6.07. The lowest BCUT2D eigenvalue weighted by Gasteiger charge is -2.19. The molecule has 0 radical (unpaired) electrons. The molecular formula is C6H11NO5. The first kappa shape index (κ1) is 9.40. The maximum Gasteiger partial charge on any atom is 0.251 e. The van der Waals surface area contributed by atoms with Crippen molar-refractivity contribution in [1.82, 2.24) is 5.32 Å². The molecule has 12 heavy (non-hydrogen) atoms. The van der Waals surface area contributed by atoms with Gasteiger partial charge in [0.1, 0.15) is 12.2 Å². The lowest BCUT2D eigenvalue weighted by Crippen LogP contribution is -2.45. The topological polar surface area (TPSA) is 110 Å². The van der Waals surface area contributed by atoms with Crippen molar-refractivity contribution in [3.63, 3.8) is 0 Å². The van der Waals surface area contributed by atoms with Gasteiger partial charge in [-0.2, -0.15) is 0 Å². The van der Waals surface area contributed by atoms with Crippen molar-refractivity contribution < 1.29 is 25.2 Å². The third-order valence-electron chi connectivity index (χ3n) is 1.82. The fourth-order valence-corrected chi connectivity index (χ4v) is 1.000. The van der Waals surface area contributed by atoms with Gasteiger partial charge in [0.05, 0.1) is 6.10 Å². The predicted octanol–water partition coefficient (Wildman–Crippen LogP) is -3.44. The summed E-state index contributed by atoms with van der Waals surface area (Å²) in [5.41, 5.74) is 0. The van der Waals surface area contributed by atoms with E-state index in [-0.39, 0.29) is 6.54 Å². The molecule has 1 aliphatic heterocycles. The molecular weight excluding hydrogens is 166 g/mol. The van der Waals surface area contributed by atoms with Crippen LogP contribution < -0.4 is 5.32 Å². The van der Waals surface area contributed by atoms with E-state index in [0.29, 0.717) is 0 Å². The monoisotopic (exact) mass is 177 g/mol. The molecule has 0 spiro atoms. The second kappa shape index (κ2) is 3.36. The molecule has 4 atom stereocenters. The second-order valence-electron chi connectivity index (χ2n) is 2.74. The van der Waals surface area contributed by atoms with Crippen LogP contribution in [0.25, 0.3) is 0 Å². The van der Waals surface area contributed by atoms with Crippen LogP contribution >= 0.6 is 0 Å². The summed E-state index contributed by atoms with van der Waals surface area (Å²) in [7, 11) is 0. The minimum atomic E-state index is -1.68. The van der Waals surface area contributed by atoms with Crippen molar-refractivity contribution in [2.75, 3.05) is 6.54 Å². The van der Waals surface area contributed by atoms with Gasteiger partial charge >= 0.3 is 0 Å². The predicted molar refractivity (Wildman–Crippen MR) is 37.0 cm³/mol. The Labute approximate surface area is 68.4 Å². The Morgan fingerprint density at radius 1 is 1.17 bits per heavy atom. The van der Waals surface area contributed by atoms with Gasteiger partial charge in [0.15, 0.2) is 6.10 Å². The van der Waals surface area contributed by atoms with Crippen LogP contribution in [0.5, 0.6) is 0 Å². The van der Waals surface area contributed by atoms with Crippen LogP contribution in [0.1, 0.15) is 0 Å². The summed E-state index contributed by atoms with van der Waals surface area (Å²) in [4.78, 5) is 10.8. The minimum Gasteiger partial charge on any atom is -0.388 e. The average molecular weight is 177 g/mol. The highest BCUT2D eigenvalue weighted by atomic mass is 16.4. The van der Waals surface area contributed by atoms with Gasteiger partial charge in [0.2, 0.25) is 0 Å². The van der Waals surface area contributed by atoms with E-state index in [2.05, 4.69) is 5.32 Å². The second-order valence-corrected chi connectivity index (χ2v) is 2.74. The van der Waals surface area contributed by atoms with Gasteiger partial charge in [-0.1, -0.05) is 0 Å². The molecule has 70 valence electrons. The molecule has 0 aromatic carbocycles. The van der Waals surface area contributed by atoms with Crippen molar-refractivity contribution in [3.8, 4) is 0 Å². The summed E-state index contributed by atoms with van der Waals surface area (Å²) in [5.74, 6) is -0.793. The number of hydrogen-bond donors (Lipinski definition) is 5.